The molecule has 0 saturated carbocycles. The maximum absolute atomic E-state index is 13.0. The van der Waals surface area contributed by atoms with Crippen LogP contribution in [-0.2, 0) is 28.8 Å². The summed E-state index contributed by atoms with van der Waals surface area (Å²) in [6.45, 7) is 2.29. The maximum atomic E-state index is 13.0. The quantitative estimate of drug-likeness (QED) is 0.112. The summed E-state index contributed by atoms with van der Waals surface area (Å²) in [5.41, 5.74) is 0. The first-order chi connectivity index (χ1) is 19.3. The Bertz CT molecular complexity index is 878. The Morgan fingerprint density at radius 2 is 1.02 bits per heavy atom. The molecule has 0 spiro atoms. The van der Waals surface area contributed by atoms with Gasteiger partial charge in [-0.25, -0.2) is 0 Å². The van der Waals surface area contributed by atoms with Crippen LogP contribution < -0.4 is 10.6 Å². The molecule has 0 unspecified atom stereocenters. The van der Waals surface area contributed by atoms with E-state index >= 15 is 0 Å². The number of carbonyl (C=O) groups is 6. The number of carbonyl (C=O) groups excluding carboxylic acids is 2. The fourth-order valence-electron chi connectivity index (χ4n) is 4.11. The van der Waals surface area contributed by atoms with Crippen LogP contribution in [-0.4, -0.2) is 178 Å². The second-order valence-electron chi connectivity index (χ2n) is 9.76. The van der Waals surface area contributed by atoms with E-state index in [2.05, 4.69) is 10.6 Å². The molecule has 0 aliphatic carbocycles. The van der Waals surface area contributed by atoms with Crippen LogP contribution in [0.4, 0.5) is 0 Å². The SMILES string of the molecule is CSCC[C@H](NC(=O)CN1CCN(CC(=O)O)CCN(CC(=O)O)CCN(CC(=O)O)CC1)C(=O)N[C@@H](C)C(=O)O. The summed E-state index contributed by atoms with van der Waals surface area (Å²) in [7, 11) is 0. The maximum Gasteiger partial charge on any atom is 0.325 e. The Morgan fingerprint density at radius 1 is 0.659 bits per heavy atom. The van der Waals surface area contributed by atoms with Crippen LogP contribution in [0.5, 0.6) is 0 Å². The minimum atomic E-state index is -1.21. The smallest absolute Gasteiger partial charge is 0.325 e. The van der Waals surface area contributed by atoms with Gasteiger partial charge in [0.1, 0.15) is 12.1 Å². The van der Waals surface area contributed by atoms with Crippen molar-refractivity contribution in [2.24, 2.45) is 0 Å². The molecule has 1 heterocycles. The summed E-state index contributed by atoms with van der Waals surface area (Å²) < 4.78 is 0. The van der Waals surface area contributed by atoms with Gasteiger partial charge in [0.25, 0.3) is 0 Å². The lowest BCUT2D eigenvalue weighted by Crippen LogP contribution is -2.53. The Kier molecular flexibility index (Phi) is 16.9. The van der Waals surface area contributed by atoms with E-state index in [1.807, 2.05) is 6.26 Å². The third-order valence-corrected chi connectivity index (χ3v) is 7.01. The molecule has 1 aliphatic heterocycles. The molecule has 234 valence electrons. The molecule has 1 saturated heterocycles. The molecule has 0 aromatic carbocycles. The summed E-state index contributed by atoms with van der Waals surface area (Å²) in [5, 5.41) is 42.1. The molecule has 0 aromatic rings. The van der Waals surface area contributed by atoms with Crippen LogP contribution in [0, 0.1) is 0 Å². The van der Waals surface area contributed by atoms with Crippen molar-refractivity contribution in [3.8, 4) is 0 Å². The highest BCUT2D eigenvalue weighted by atomic mass is 32.2. The van der Waals surface area contributed by atoms with Gasteiger partial charge in [-0.15, -0.1) is 0 Å². The number of carboxylic acid groups (broad SMARTS) is 4. The number of aliphatic carboxylic acids is 4. The fraction of sp³-hybridized carbons (Fsp3) is 0.750. The highest BCUT2D eigenvalue weighted by Crippen LogP contribution is 2.04. The molecule has 6 N–H and O–H groups in total. The number of amides is 2. The molecule has 2 atom stereocenters. The first kappa shape index (κ1) is 36.0. The van der Waals surface area contributed by atoms with Crippen LogP contribution in [0.15, 0.2) is 0 Å². The van der Waals surface area contributed by atoms with Gasteiger partial charge >= 0.3 is 23.9 Å². The van der Waals surface area contributed by atoms with Gasteiger partial charge in [-0.2, -0.15) is 11.8 Å². The molecule has 1 rings (SSSR count). The molecule has 0 radical (unpaired) electrons. The molecule has 17 heteroatoms. The molecular formula is C24H42N6O10S. The van der Waals surface area contributed by atoms with E-state index in [1.54, 1.807) is 19.6 Å². The normalized spacial score (nSPS) is 18.3. The van der Waals surface area contributed by atoms with Crippen LogP contribution in [0.3, 0.4) is 0 Å². The van der Waals surface area contributed by atoms with Gasteiger partial charge in [-0.1, -0.05) is 0 Å². The highest BCUT2D eigenvalue weighted by Gasteiger charge is 2.26. The first-order valence-electron chi connectivity index (χ1n) is 13.2. The molecular weight excluding hydrogens is 564 g/mol. The average molecular weight is 607 g/mol. The van der Waals surface area contributed by atoms with E-state index in [0.717, 1.165) is 0 Å². The van der Waals surface area contributed by atoms with Crippen LogP contribution in [0.1, 0.15) is 13.3 Å². The lowest BCUT2D eigenvalue weighted by molar-refractivity contribution is -0.142. The van der Waals surface area contributed by atoms with Gasteiger partial charge < -0.3 is 31.1 Å². The van der Waals surface area contributed by atoms with Crippen molar-refractivity contribution in [3.63, 3.8) is 0 Å². The molecule has 2 amide bonds. The van der Waals surface area contributed by atoms with E-state index in [4.69, 9.17) is 5.11 Å². The van der Waals surface area contributed by atoms with E-state index in [-0.39, 0.29) is 85.0 Å². The largest absolute Gasteiger partial charge is 0.480 e. The zero-order chi connectivity index (χ0) is 30.9. The molecule has 1 fully saturated rings. The standard InChI is InChI=1S/C24H42N6O10S/c1-17(24(39)40)25-23(38)18(3-12-41-2)26-19(31)13-27-4-6-28(14-20(32)33)8-10-30(16-22(36)37)11-9-29(7-5-27)15-21(34)35/h17-18H,3-16H2,1-2H3,(H,25,38)(H,26,31)(H,32,33)(H,34,35)(H,36,37)(H,39,40)/t17-,18-/m0/s1. The minimum absolute atomic E-state index is 0.162. The summed E-state index contributed by atoms with van der Waals surface area (Å²) in [4.78, 5) is 77.6. The molecule has 0 bridgehead atoms. The topological polar surface area (TPSA) is 220 Å². The van der Waals surface area contributed by atoms with Crippen molar-refractivity contribution in [2.45, 2.75) is 25.4 Å². The second-order valence-corrected chi connectivity index (χ2v) is 10.7. The minimum Gasteiger partial charge on any atom is -0.480 e. The van der Waals surface area contributed by atoms with Gasteiger partial charge in [0.2, 0.25) is 11.8 Å². The number of thioether (sulfide) groups is 1. The van der Waals surface area contributed by atoms with Gasteiger partial charge in [-0.05, 0) is 25.4 Å². The van der Waals surface area contributed by atoms with Crippen LogP contribution in [0.25, 0.3) is 0 Å². The number of hydrogen-bond acceptors (Lipinski definition) is 11. The predicted octanol–water partition coefficient (Wildman–Crippen LogP) is -2.71. The number of nitrogens with one attached hydrogen (secondary N) is 2. The monoisotopic (exact) mass is 606 g/mol. The summed E-state index contributed by atoms with van der Waals surface area (Å²) in [6, 6.07) is -2.10. The predicted molar refractivity (Wildman–Crippen MR) is 149 cm³/mol. The van der Waals surface area contributed by atoms with E-state index < -0.39 is 47.8 Å². The summed E-state index contributed by atoms with van der Waals surface area (Å²) in [6.07, 6.45) is 2.11. The van der Waals surface area contributed by atoms with E-state index in [0.29, 0.717) is 5.75 Å². The molecule has 16 nitrogen and oxygen atoms in total. The summed E-state index contributed by atoms with van der Waals surface area (Å²) >= 11 is 1.46. The van der Waals surface area contributed by atoms with Crippen molar-refractivity contribution in [1.82, 2.24) is 30.2 Å². The Hall–Kier alpha value is -2.99. The van der Waals surface area contributed by atoms with Gasteiger partial charge in [0.05, 0.1) is 26.2 Å². The van der Waals surface area contributed by atoms with Gasteiger partial charge in [0.15, 0.2) is 0 Å². The zero-order valence-electron chi connectivity index (χ0n) is 23.5. The average Bonchev–Trinajstić information content (AvgIpc) is 2.86. The van der Waals surface area contributed by atoms with Crippen molar-refractivity contribution < 1.29 is 49.2 Å². The van der Waals surface area contributed by atoms with E-state index in [1.165, 1.54) is 18.7 Å². The number of hydrogen-bond donors (Lipinski definition) is 6. The Morgan fingerprint density at radius 3 is 1.34 bits per heavy atom. The molecule has 41 heavy (non-hydrogen) atoms. The highest BCUT2D eigenvalue weighted by molar-refractivity contribution is 7.98. The van der Waals surface area contributed by atoms with Crippen LogP contribution >= 0.6 is 11.8 Å². The summed E-state index contributed by atoms with van der Waals surface area (Å²) in [5.74, 6) is -4.96. The van der Waals surface area contributed by atoms with Crippen molar-refractivity contribution >= 4 is 47.5 Å². The number of nitrogens with zero attached hydrogens (tertiary/aromatic N) is 4. The fourth-order valence-corrected chi connectivity index (χ4v) is 4.58. The number of carboxylic acids is 4. The van der Waals surface area contributed by atoms with Gasteiger partial charge in [-0.3, -0.25) is 48.4 Å². The van der Waals surface area contributed by atoms with Crippen molar-refractivity contribution in [1.29, 1.82) is 0 Å². The van der Waals surface area contributed by atoms with Crippen LogP contribution in [0.2, 0.25) is 0 Å². The third kappa shape index (κ3) is 16.1. The van der Waals surface area contributed by atoms with E-state index in [9.17, 15) is 44.1 Å². The molecule has 0 aromatic heterocycles. The third-order valence-electron chi connectivity index (χ3n) is 6.37. The second kappa shape index (κ2) is 19.2. The van der Waals surface area contributed by atoms with Crippen molar-refractivity contribution in [3.05, 3.63) is 0 Å². The Balaban J connectivity index is 3.04. The lowest BCUT2D eigenvalue weighted by Gasteiger charge is -2.33. The van der Waals surface area contributed by atoms with Crippen molar-refractivity contribution in [2.75, 3.05) is 90.5 Å². The Labute approximate surface area is 243 Å². The number of rotatable bonds is 15. The lowest BCUT2D eigenvalue weighted by atomic mass is 10.2. The van der Waals surface area contributed by atoms with Gasteiger partial charge in [0, 0.05) is 52.4 Å². The zero-order valence-corrected chi connectivity index (χ0v) is 24.3. The molecule has 1 aliphatic rings. The first-order valence-corrected chi connectivity index (χ1v) is 14.6.